The molecule has 2 rings (SSSR count). The lowest BCUT2D eigenvalue weighted by Gasteiger charge is -2.09. The van der Waals surface area contributed by atoms with E-state index in [9.17, 15) is 0 Å². The summed E-state index contributed by atoms with van der Waals surface area (Å²) in [5.41, 5.74) is 2.36. The molecule has 0 bridgehead atoms. The summed E-state index contributed by atoms with van der Waals surface area (Å²) in [6.45, 7) is 7.22. The zero-order valence-corrected chi connectivity index (χ0v) is 12.7. The fourth-order valence-electron chi connectivity index (χ4n) is 1.66. The number of thiazole rings is 1. The zero-order valence-electron chi connectivity index (χ0n) is 11.1. The standard InChI is InChI=1S/C12H18N4S2/c1-8(2)14-7-10-9(3)15-16(4)11(10)18-12-13-5-6-17-12/h5-6,8,14H,7H2,1-4H3. The summed E-state index contributed by atoms with van der Waals surface area (Å²) < 4.78 is 3.00. The van der Waals surface area contributed by atoms with Crippen LogP contribution in [0.3, 0.4) is 0 Å². The first-order chi connectivity index (χ1) is 8.58. The van der Waals surface area contributed by atoms with Gasteiger partial charge in [0.25, 0.3) is 0 Å². The fraction of sp³-hybridized carbons (Fsp3) is 0.500. The van der Waals surface area contributed by atoms with Gasteiger partial charge < -0.3 is 5.32 Å². The molecular weight excluding hydrogens is 264 g/mol. The van der Waals surface area contributed by atoms with Gasteiger partial charge in [0.1, 0.15) is 5.03 Å². The maximum atomic E-state index is 4.50. The molecule has 0 aromatic carbocycles. The van der Waals surface area contributed by atoms with Crippen LogP contribution < -0.4 is 5.32 Å². The van der Waals surface area contributed by atoms with Gasteiger partial charge in [-0.1, -0.05) is 13.8 Å². The topological polar surface area (TPSA) is 42.7 Å². The van der Waals surface area contributed by atoms with Crippen molar-refractivity contribution in [2.45, 2.75) is 42.7 Å². The van der Waals surface area contributed by atoms with E-state index in [2.05, 4.69) is 36.2 Å². The van der Waals surface area contributed by atoms with Gasteiger partial charge in [0, 0.05) is 36.8 Å². The smallest absolute Gasteiger partial charge is 0.156 e. The van der Waals surface area contributed by atoms with Crippen molar-refractivity contribution in [2.24, 2.45) is 7.05 Å². The maximum Gasteiger partial charge on any atom is 0.156 e. The van der Waals surface area contributed by atoms with E-state index < -0.39 is 0 Å². The van der Waals surface area contributed by atoms with E-state index in [1.54, 1.807) is 23.1 Å². The summed E-state index contributed by atoms with van der Waals surface area (Å²) in [7, 11) is 1.99. The van der Waals surface area contributed by atoms with E-state index >= 15 is 0 Å². The molecule has 0 amide bonds. The van der Waals surface area contributed by atoms with E-state index in [4.69, 9.17) is 0 Å². The molecule has 0 unspecified atom stereocenters. The van der Waals surface area contributed by atoms with Gasteiger partial charge >= 0.3 is 0 Å². The summed E-state index contributed by atoms with van der Waals surface area (Å²) in [5, 5.41) is 11.1. The minimum absolute atomic E-state index is 0.474. The average molecular weight is 282 g/mol. The normalized spacial score (nSPS) is 11.4. The molecule has 0 fully saturated rings. The van der Waals surface area contributed by atoms with Crippen LogP contribution in [-0.2, 0) is 13.6 Å². The highest BCUT2D eigenvalue weighted by Gasteiger charge is 2.15. The zero-order chi connectivity index (χ0) is 13.1. The summed E-state index contributed by atoms with van der Waals surface area (Å²) in [5.74, 6) is 0. The monoisotopic (exact) mass is 282 g/mol. The van der Waals surface area contributed by atoms with Gasteiger partial charge in [0.2, 0.25) is 0 Å². The Morgan fingerprint density at radius 3 is 2.89 bits per heavy atom. The highest BCUT2D eigenvalue weighted by atomic mass is 32.2. The van der Waals surface area contributed by atoms with Crippen molar-refractivity contribution in [3.8, 4) is 0 Å². The highest BCUT2D eigenvalue weighted by Crippen LogP contribution is 2.32. The molecule has 2 aromatic heterocycles. The Bertz CT molecular complexity index is 502. The number of rotatable bonds is 5. The molecule has 0 aliphatic heterocycles. The molecule has 6 heteroatoms. The van der Waals surface area contributed by atoms with E-state index in [1.807, 2.05) is 23.3 Å². The number of nitrogens with zero attached hydrogens (tertiary/aromatic N) is 3. The molecule has 0 spiro atoms. The van der Waals surface area contributed by atoms with Gasteiger partial charge in [-0.25, -0.2) is 4.98 Å². The van der Waals surface area contributed by atoms with Gasteiger partial charge in [0.05, 0.1) is 5.69 Å². The molecule has 98 valence electrons. The van der Waals surface area contributed by atoms with Crippen LogP contribution in [0.25, 0.3) is 0 Å². The second kappa shape index (κ2) is 5.86. The molecule has 4 nitrogen and oxygen atoms in total. The summed E-state index contributed by atoms with van der Waals surface area (Å²) >= 11 is 3.35. The van der Waals surface area contributed by atoms with Crippen LogP contribution in [0.5, 0.6) is 0 Å². The predicted octanol–water partition coefficient (Wildman–Crippen LogP) is 2.83. The maximum absolute atomic E-state index is 4.50. The van der Waals surface area contributed by atoms with Crippen LogP contribution in [0.2, 0.25) is 0 Å². The Morgan fingerprint density at radius 1 is 1.50 bits per heavy atom. The SMILES string of the molecule is Cc1nn(C)c(Sc2nccs2)c1CNC(C)C. The first-order valence-electron chi connectivity index (χ1n) is 5.91. The summed E-state index contributed by atoms with van der Waals surface area (Å²) in [6.07, 6.45) is 1.84. The van der Waals surface area contributed by atoms with Crippen molar-refractivity contribution < 1.29 is 0 Å². The largest absolute Gasteiger partial charge is 0.310 e. The Labute approximate surface area is 116 Å². The number of nitrogens with one attached hydrogen (secondary N) is 1. The van der Waals surface area contributed by atoms with Crippen molar-refractivity contribution >= 4 is 23.1 Å². The van der Waals surface area contributed by atoms with Gasteiger partial charge in [-0.2, -0.15) is 5.10 Å². The van der Waals surface area contributed by atoms with E-state index in [1.165, 1.54) is 10.6 Å². The van der Waals surface area contributed by atoms with Gasteiger partial charge in [-0.05, 0) is 18.7 Å². The summed E-state index contributed by atoms with van der Waals surface area (Å²) in [6, 6.07) is 0.474. The molecule has 0 aliphatic rings. The number of hydrogen-bond donors (Lipinski definition) is 1. The lowest BCUT2D eigenvalue weighted by Crippen LogP contribution is -2.22. The van der Waals surface area contributed by atoms with Crippen LogP contribution in [0.4, 0.5) is 0 Å². The molecule has 0 saturated carbocycles. The van der Waals surface area contributed by atoms with E-state index in [0.717, 1.165) is 16.6 Å². The molecule has 0 saturated heterocycles. The Balaban J connectivity index is 2.22. The van der Waals surface area contributed by atoms with Crippen molar-refractivity contribution in [3.05, 3.63) is 22.8 Å². The van der Waals surface area contributed by atoms with Crippen LogP contribution in [-0.4, -0.2) is 20.8 Å². The molecule has 2 aromatic rings. The number of aromatic nitrogens is 3. The Kier molecular flexibility index (Phi) is 4.42. The third-order valence-corrected chi connectivity index (χ3v) is 4.66. The number of hydrogen-bond acceptors (Lipinski definition) is 5. The fourth-order valence-corrected chi connectivity index (χ4v) is 3.41. The first-order valence-corrected chi connectivity index (χ1v) is 7.60. The third-order valence-electron chi connectivity index (χ3n) is 2.57. The van der Waals surface area contributed by atoms with Crippen molar-refractivity contribution in [1.82, 2.24) is 20.1 Å². The lowest BCUT2D eigenvalue weighted by atomic mass is 10.2. The molecule has 0 radical (unpaired) electrons. The first kappa shape index (κ1) is 13.6. The second-order valence-electron chi connectivity index (χ2n) is 4.43. The van der Waals surface area contributed by atoms with Crippen molar-refractivity contribution in [3.63, 3.8) is 0 Å². The average Bonchev–Trinajstić information content (AvgIpc) is 2.87. The molecular formula is C12H18N4S2. The molecule has 0 aliphatic carbocycles. The number of aryl methyl sites for hydroxylation is 2. The van der Waals surface area contributed by atoms with E-state index in [0.29, 0.717) is 6.04 Å². The van der Waals surface area contributed by atoms with Gasteiger partial charge in [-0.15, -0.1) is 11.3 Å². The predicted molar refractivity (Wildman–Crippen MR) is 76.2 cm³/mol. The van der Waals surface area contributed by atoms with Crippen LogP contribution in [0, 0.1) is 6.92 Å². The minimum atomic E-state index is 0.474. The van der Waals surface area contributed by atoms with Crippen LogP contribution in [0.15, 0.2) is 20.9 Å². The second-order valence-corrected chi connectivity index (χ2v) is 6.56. The van der Waals surface area contributed by atoms with Crippen LogP contribution in [0.1, 0.15) is 25.1 Å². The van der Waals surface area contributed by atoms with Crippen molar-refractivity contribution in [2.75, 3.05) is 0 Å². The lowest BCUT2D eigenvalue weighted by molar-refractivity contribution is 0.580. The minimum Gasteiger partial charge on any atom is -0.310 e. The highest BCUT2D eigenvalue weighted by molar-refractivity contribution is 8.01. The van der Waals surface area contributed by atoms with Crippen molar-refractivity contribution in [1.29, 1.82) is 0 Å². The molecule has 2 heterocycles. The summed E-state index contributed by atoms with van der Waals surface area (Å²) in [4.78, 5) is 4.32. The molecule has 18 heavy (non-hydrogen) atoms. The molecule has 0 atom stereocenters. The quantitative estimate of drug-likeness (QED) is 0.916. The van der Waals surface area contributed by atoms with E-state index in [-0.39, 0.29) is 0 Å². The van der Waals surface area contributed by atoms with Gasteiger partial charge in [0.15, 0.2) is 4.34 Å². The molecule has 1 N–H and O–H groups in total. The Morgan fingerprint density at radius 2 is 2.28 bits per heavy atom. The van der Waals surface area contributed by atoms with Gasteiger partial charge in [-0.3, -0.25) is 4.68 Å². The third kappa shape index (κ3) is 3.13. The van der Waals surface area contributed by atoms with Crippen LogP contribution >= 0.6 is 23.1 Å². The Hall–Kier alpha value is -0.850.